The molecule has 4 heteroatoms. The van der Waals surface area contributed by atoms with Crippen LogP contribution in [0.15, 0.2) is 235 Å². The minimum atomic E-state index is -0.118. The number of hydrogen-bond donors (Lipinski definition) is 0. The van der Waals surface area contributed by atoms with E-state index in [0.29, 0.717) is 11.7 Å². The van der Waals surface area contributed by atoms with Crippen molar-refractivity contribution >= 4 is 38.6 Å². The van der Waals surface area contributed by atoms with Crippen LogP contribution in [0.1, 0.15) is 61.7 Å². The minimum Gasteiger partial charge on any atom is -0.309 e. The van der Waals surface area contributed by atoms with Crippen molar-refractivity contribution in [1.82, 2.24) is 19.5 Å². The third kappa shape index (κ3) is 7.80. The molecule has 0 saturated heterocycles. The van der Waals surface area contributed by atoms with Gasteiger partial charge < -0.3 is 4.57 Å². The number of allylic oxidation sites excluding steroid dienone is 16. The van der Waals surface area contributed by atoms with Gasteiger partial charge >= 0.3 is 0 Å². The molecule has 14 rings (SSSR count). The summed E-state index contributed by atoms with van der Waals surface area (Å²) in [5, 5.41) is 2.49. The first kappa shape index (κ1) is 41.3. The molecule has 6 aliphatic carbocycles. The number of fused-ring (bicyclic) bond motifs is 4. The number of para-hydroxylation sites is 1. The Balaban J connectivity index is 1.04. The standard InChI is InChI=1S/C65H52N4/c1-5-15-45(16-6-1)47-27-31-49(32-28-47)57-41-55(65-67-63(51-19-9-3-10-20-51)66-64(68-65)52-21-11-4-12-22-52)42-58(50-33-29-48(30-34-50)53-26-25-43-37-44(38-43)39-53)62(57)69-60-24-14-13-23-56(60)59-40-54(35-36-61(59)69)46-17-7-2-8-18-46/h1-11,13-21,23-33,35-36,39-41,43-44,50,55H,12,22,34,37-38,42H2. The van der Waals surface area contributed by atoms with E-state index < -0.39 is 0 Å². The third-order valence-corrected chi connectivity index (χ3v) is 15.0. The Morgan fingerprint density at radius 1 is 0.507 bits per heavy atom. The molecule has 0 spiro atoms. The fraction of sp³-hybridized carbons (Fsp3) is 0.154. The number of rotatable bonds is 9. The molecule has 0 N–H and O–H groups in total. The Morgan fingerprint density at radius 3 is 1.90 bits per heavy atom. The molecular formula is C65H52N4. The van der Waals surface area contributed by atoms with E-state index in [2.05, 4.69) is 223 Å². The molecule has 6 aromatic carbocycles. The molecule has 8 aromatic rings. The van der Waals surface area contributed by atoms with Crippen molar-refractivity contribution < 1.29 is 0 Å². The summed E-state index contributed by atoms with van der Waals surface area (Å²) in [4.78, 5) is 16.0. The molecule has 2 atom stereocenters. The normalized spacial score (nSPS) is 20.8. The highest BCUT2D eigenvalue weighted by atomic mass is 15.0. The first-order valence-corrected chi connectivity index (χ1v) is 24.8. The average molecular weight is 889 g/mol. The van der Waals surface area contributed by atoms with E-state index in [-0.39, 0.29) is 11.8 Å². The summed E-state index contributed by atoms with van der Waals surface area (Å²) in [7, 11) is 0. The number of hydrogen-bond acceptors (Lipinski definition) is 3. The highest BCUT2D eigenvalue weighted by molar-refractivity contribution is 6.15. The molecule has 2 heterocycles. The van der Waals surface area contributed by atoms with Gasteiger partial charge in [0.1, 0.15) is 5.82 Å². The van der Waals surface area contributed by atoms with Crippen molar-refractivity contribution in [3.63, 3.8) is 0 Å². The van der Waals surface area contributed by atoms with Gasteiger partial charge in [-0.25, -0.2) is 15.0 Å². The Bertz CT molecular complexity index is 3540. The topological polar surface area (TPSA) is 43.6 Å². The second kappa shape index (κ2) is 17.6. The smallest absolute Gasteiger partial charge is 0.163 e. The zero-order valence-corrected chi connectivity index (χ0v) is 38.6. The fourth-order valence-corrected chi connectivity index (χ4v) is 11.4. The number of nitrogens with zero attached hydrogens (tertiary/aromatic N) is 4. The largest absolute Gasteiger partial charge is 0.309 e. The quantitative estimate of drug-likeness (QED) is 0.145. The van der Waals surface area contributed by atoms with E-state index in [1.165, 1.54) is 90.5 Å². The van der Waals surface area contributed by atoms with E-state index in [1.54, 1.807) is 0 Å². The van der Waals surface area contributed by atoms with E-state index in [9.17, 15) is 0 Å². The summed E-state index contributed by atoms with van der Waals surface area (Å²) >= 11 is 0. The lowest BCUT2D eigenvalue weighted by Crippen LogP contribution is -2.20. The zero-order chi connectivity index (χ0) is 45.7. The van der Waals surface area contributed by atoms with Gasteiger partial charge in [0.15, 0.2) is 11.6 Å². The van der Waals surface area contributed by atoms with Crippen molar-refractivity contribution in [1.29, 1.82) is 0 Å². The highest BCUT2D eigenvalue weighted by Crippen LogP contribution is 2.50. The minimum absolute atomic E-state index is 0.118. The molecule has 0 amide bonds. The molecule has 69 heavy (non-hydrogen) atoms. The molecule has 332 valence electrons. The molecule has 2 bridgehead atoms. The van der Waals surface area contributed by atoms with Gasteiger partial charge in [-0.2, -0.15) is 0 Å². The fourth-order valence-electron chi connectivity index (χ4n) is 11.4. The van der Waals surface area contributed by atoms with E-state index in [1.807, 2.05) is 0 Å². The lowest BCUT2D eigenvalue weighted by Gasteiger charge is -2.33. The summed E-state index contributed by atoms with van der Waals surface area (Å²) in [6.45, 7) is 0. The predicted molar refractivity (Wildman–Crippen MR) is 286 cm³/mol. The predicted octanol–water partition coefficient (Wildman–Crippen LogP) is 16.2. The van der Waals surface area contributed by atoms with Crippen LogP contribution in [0, 0.1) is 17.8 Å². The van der Waals surface area contributed by atoms with Gasteiger partial charge in [-0.3, -0.25) is 0 Å². The van der Waals surface area contributed by atoms with Crippen LogP contribution in [0.3, 0.4) is 0 Å². The lowest BCUT2D eigenvalue weighted by molar-refractivity contribution is 0.298. The monoisotopic (exact) mass is 888 g/mol. The maximum absolute atomic E-state index is 5.44. The summed E-state index contributed by atoms with van der Waals surface area (Å²) in [6.07, 6.45) is 29.9. The Hall–Kier alpha value is -7.95. The molecular weight excluding hydrogens is 837 g/mol. The van der Waals surface area contributed by atoms with Gasteiger partial charge in [0, 0.05) is 33.7 Å². The molecule has 2 aromatic heterocycles. The summed E-state index contributed by atoms with van der Waals surface area (Å²) < 4.78 is 2.59. The van der Waals surface area contributed by atoms with Crippen LogP contribution in [-0.4, -0.2) is 19.5 Å². The average Bonchev–Trinajstić information content (AvgIpc) is 3.52. The van der Waals surface area contributed by atoms with E-state index in [0.717, 1.165) is 54.4 Å². The first-order valence-electron chi connectivity index (χ1n) is 24.8. The van der Waals surface area contributed by atoms with Gasteiger partial charge in [0.2, 0.25) is 0 Å². The van der Waals surface area contributed by atoms with Crippen LogP contribution in [-0.2, 0) is 0 Å². The van der Waals surface area contributed by atoms with Crippen LogP contribution in [0.4, 0.5) is 0 Å². The molecule has 1 fully saturated rings. The van der Waals surface area contributed by atoms with Crippen LogP contribution in [0.25, 0.3) is 72.3 Å². The Morgan fingerprint density at radius 2 is 1.16 bits per heavy atom. The number of benzene rings is 6. The first-order chi connectivity index (χ1) is 34.2. The maximum Gasteiger partial charge on any atom is 0.163 e. The highest BCUT2D eigenvalue weighted by Gasteiger charge is 2.34. The van der Waals surface area contributed by atoms with Crippen LogP contribution >= 0.6 is 0 Å². The number of aromatic nitrogens is 4. The van der Waals surface area contributed by atoms with Crippen molar-refractivity contribution in [3.8, 4) is 33.6 Å². The van der Waals surface area contributed by atoms with Gasteiger partial charge in [-0.15, -0.1) is 0 Å². The van der Waals surface area contributed by atoms with Crippen molar-refractivity contribution in [2.75, 3.05) is 0 Å². The second-order valence-corrected chi connectivity index (χ2v) is 19.4. The van der Waals surface area contributed by atoms with Gasteiger partial charge in [-0.1, -0.05) is 200 Å². The molecule has 0 aliphatic heterocycles. The van der Waals surface area contributed by atoms with Crippen molar-refractivity contribution in [3.05, 3.63) is 252 Å². The van der Waals surface area contributed by atoms with Crippen molar-refractivity contribution in [2.45, 2.75) is 44.4 Å². The molecule has 6 aliphatic rings. The lowest BCUT2D eigenvalue weighted by atomic mass is 9.75. The zero-order valence-electron chi connectivity index (χ0n) is 38.6. The van der Waals surface area contributed by atoms with E-state index >= 15 is 0 Å². The molecule has 4 nitrogen and oxygen atoms in total. The van der Waals surface area contributed by atoms with Gasteiger partial charge in [-0.05, 0) is 119 Å². The second-order valence-electron chi connectivity index (χ2n) is 19.4. The van der Waals surface area contributed by atoms with Crippen LogP contribution in [0.5, 0.6) is 0 Å². The molecule has 0 radical (unpaired) electrons. The summed E-state index contributed by atoms with van der Waals surface area (Å²) in [5.41, 5.74) is 17.1. The molecule has 2 unspecified atom stereocenters. The van der Waals surface area contributed by atoms with Crippen LogP contribution < -0.4 is 0 Å². The Kier molecular flexibility index (Phi) is 10.5. The van der Waals surface area contributed by atoms with Crippen molar-refractivity contribution in [2.24, 2.45) is 17.8 Å². The summed E-state index contributed by atoms with van der Waals surface area (Å²) in [6, 6.07) is 57.2. The maximum atomic E-state index is 5.44. The molecule has 1 saturated carbocycles. The van der Waals surface area contributed by atoms with Gasteiger partial charge in [0.05, 0.1) is 16.7 Å². The van der Waals surface area contributed by atoms with E-state index in [4.69, 9.17) is 15.0 Å². The SMILES string of the molecule is C1=CCCC(c2nc(-c3ccccc3)nc(C3C=C(c4ccc(-c5ccccc5)cc4)C(n4c5ccccc5c5cc(-c6ccccc6)ccc54)=C(C4C=CC(C5=CC6CC(C=C5)C6)=CC4)C3)n2)=C1. The summed E-state index contributed by atoms with van der Waals surface area (Å²) in [5.74, 6) is 3.73. The third-order valence-electron chi connectivity index (χ3n) is 15.0. The van der Waals surface area contributed by atoms with Crippen LogP contribution in [0.2, 0.25) is 0 Å². The van der Waals surface area contributed by atoms with Gasteiger partial charge in [0.25, 0.3) is 0 Å². The Labute approximate surface area is 404 Å².